The van der Waals surface area contributed by atoms with Gasteiger partial charge in [0.25, 0.3) is 0 Å². The van der Waals surface area contributed by atoms with Crippen LogP contribution in [-0.4, -0.2) is 41.0 Å². The minimum Gasteiger partial charge on any atom is -0.336 e. The third-order valence-corrected chi connectivity index (χ3v) is 7.23. The topological polar surface area (TPSA) is 125 Å². The summed E-state index contributed by atoms with van der Waals surface area (Å²) in [7, 11) is 0. The van der Waals surface area contributed by atoms with Crippen LogP contribution in [-0.2, 0) is 4.79 Å². The van der Waals surface area contributed by atoms with Gasteiger partial charge in [-0.1, -0.05) is 25.0 Å². The molecule has 1 saturated carbocycles. The number of carbonyl (C=O) groups excluding carboxylic acids is 1. The summed E-state index contributed by atoms with van der Waals surface area (Å²) < 4.78 is 14.5. The Morgan fingerprint density at radius 2 is 1.85 bits per heavy atom. The molecule has 39 heavy (non-hydrogen) atoms. The van der Waals surface area contributed by atoms with Gasteiger partial charge in [-0.3, -0.25) is 24.8 Å². The van der Waals surface area contributed by atoms with Gasteiger partial charge in [-0.05, 0) is 43.2 Å². The molecule has 5 heterocycles. The SMILES string of the molecule is O=C(Nc1cncc(-c2cc3c(-c4nc5c(-c6ccccc6F)nccc5[nH]4)n[nH]c3cn2)c1)C1CCCC1. The maximum Gasteiger partial charge on any atom is 0.227 e. The van der Waals surface area contributed by atoms with Crippen LogP contribution >= 0.6 is 0 Å². The van der Waals surface area contributed by atoms with E-state index >= 15 is 0 Å². The molecule has 9 nitrogen and oxygen atoms in total. The third-order valence-electron chi connectivity index (χ3n) is 7.23. The molecule has 1 amide bonds. The molecule has 1 aliphatic carbocycles. The minimum absolute atomic E-state index is 0.0427. The predicted octanol–water partition coefficient (Wildman–Crippen LogP) is 5.89. The number of aromatic nitrogens is 7. The van der Waals surface area contributed by atoms with E-state index in [0.717, 1.165) is 47.7 Å². The molecule has 3 N–H and O–H groups in total. The van der Waals surface area contributed by atoms with Gasteiger partial charge in [-0.2, -0.15) is 5.10 Å². The van der Waals surface area contributed by atoms with Gasteiger partial charge < -0.3 is 10.3 Å². The number of carbonyl (C=O) groups is 1. The van der Waals surface area contributed by atoms with E-state index in [1.807, 2.05) is 12.1 Å². The van der Waals surface area contributed by atoms with Crippen LogP contribution in [0.25, 0.3) is 56.0 Å². The van der Waals surface area contributed by atoms with E-state index in [4.69, 9.17) is 4.98 Å². The van der Waals surface area contributed by atoms with Gasteiger partial charge in [0, 0.05) is 34.8 Å². The van der Waals surface area contributed by atoms with Crippen molar-refractivity contribution < 1.29 is 9.18 Å². The van der Waals surface area contributed by atoms with E-state index < -0.39 is 0 Å². The predicted molar refractivity (Wildman–Crippen MR) is 146 cm³/mol. The number of amides is 1. The molecule has 7 rings (SSSR count). The summed E-state index contributed by atoms with van der Waals surface area (Å²) in [6.45, 7) is 0. The zero-order chi connectivity index (χ0) is 26.3. The van der Waals surface area contributed by atoms with Gasteiger partial charge in [0.2, 0.25) is 5.91 Å². The number of benzene rings is 1. The summed E-state index contributed by atoms with van der Waals surface area (Å²) in [5.41, 5.74) is 5.54. The van der Waals surface area contributed by atoms with Crippen molar-refractivity contribution >= 4 is 33.5 Å². The zero-order valence-corrected chi connectivity index (χ0v) is 20.8. The van der Waals surface area contributed by atoms with Crippen molar-refractivity contribution in [3.05, 3.63) is 73.1 Å². The maximum absolute atomic E-state index is 14.5. The standard InChI is InChI=1S/C29H23FN8O/c30-21-8-4-3-7-19(21)25-27-22(9-10-32-25)35-28(36-27)26-20-12-23(33-15-24(20)37-38-26)17-11-18(14-31-13-17)34-29(39)16-5-1-2-6-16/h3-4,7-16H,1-2,5-6H2,(H,34,39)(H,35,36)(H,37,38). The quantitative estimate of drug-likeness (QED) is 0.261. The monoisotopic (exact) mass is 518 g/mol. The highest BCUT2D eigenvalue weighted by Gasteiger charge is 2.23. The molecule has 0 saturated heterocycles. The first-order valence-corrected chi connectivity index (χ1v) is 12.8. The van der Waals surface area contributed by atoms with Crippen molar-refractivity contribution in [3.8, 4) is 34.0 Å². The fraction of sp³-hybridized carbons (Fsp3) is 0.172. The second kappa shape index (κ2) is 9.39. The highest BCUT2D eigenvalue weighted by atomic mass is 19.1. The number of fused-ring (bicyclic) bond motifs is 2. The summed E-state index contributed by atoms with van der Waals surface area (Å²) in [6, 6.07) is 12.1. The second-order valence-electron chi connectivity index (χ2n) is 9.74. The van der Waals surface area contributed by atoms with Crippen molar-refractivity contribution in [1.82, 2.24) is 35.1 Å². The van der Waals surface area contributed by atoms with Crippen LogP contribution in [0.1, 0.15) is 25.7 Å². The average molecular weight is 519 g/mol. The van der Waals surface area contributed by atoms with E-state index in [2.05, 4.69) is 35.5 Å². The van der Waals surface area contributed by atoms with E-state index in [-0.39, 0.29) is 17.6 Å². The molecule has 0 bridgehead atoms. The first kappa shape index (κ1) is 23.2. The number of imidazole rings is 1. The molecule has 1 fully saturated rings. The highest BCUT2D eigenvalue weighted by molar-refractivity contribution is 5.97. The Kier molecular flexibility index (Phi) is 5.58. The van der Waals surface area contributed by atoms with Crippen LogP contribution in [0.3, 0.4) is 0 Å². The molecule has 10 heteroatoms. The Hall–Kier alpha value is -4.99. The average Bonchev–Trinajstić information content (AvgIpc) is 3.73. The summed E-state index contributed by atoms with van der Waals surface area (Å²) in [5, 5.41) is 11.3. The van der Waals surface area contributed by atoms with Crippen molar-refractivity contribution in [2.45, 2.75) is 25.7 Å². The Morgan fingerprint density at radius 1 is 0.974 bits per heavy atom. The fourth-order valence-corrected chi connectivity index (χ4v) is 5.23. The molecule has 5 aromatic heterocycles. The molecular weight excluding hydrogens is 495 g/mol. The number of pyridine rings is 3. The first-order chi connectivity index (χ1) is 19.1. The molecule has 0 unspecified atom stereocenters. The lowest BCUT2D eigenvalue weighted by Crippen LogP contribution is -2.20. The van der Waals surface area contributed by atoms with Crippen LogP contribution in [0, 0.1) is 11.7 Å². The number of nitrogens with one attached hydrogen (secondary N) is 3. The van der Waals surface area contributed by atoms with Crippen LogP contribution in [0.4, 0.5) is 10.1 Å². The van der Waals surface area contributed by atoms with Crippen molar-refractivity contribution in [3.63, 3.8) is 0 Å². The highest BCUT2D eigenvalue weighted by Crippen LogP contribution is 2.33. The lowest BCUT2D eigenvalue weighted by molar-refractivity contribution is -0.119. The molecule has 1 aromatic carbocycles. The number of anilines is 1. The van der Waals surface area contributed by atoms with Gasteiger partial charge in [-0.25, -0.2) is 9.37 Å². The number of rotatable bonds is 5. The normalized spacial score (nSPS) is 13.9. The zero-order valence-electron chi connectivity index (χ0n) is 20.8. The van der Waals surface area contributed by atoms with Crippen LogP contribution in [0.15, 0.2) is 67.3 Å². The van der Waals surface area contributed by atoms with Gasteiger partial charge in [-0.15, -0.1) is 0 Å². The molecule has 1 aliphatic rings. The second-order valence-corrected chi connectivity index (χ2v) is 9.74. The largest absolute Gasteiger partial charge is 0.336 e. The molecule has 0 aliphatic heterocycles. The van der Waals surface area contributed by atoms with Gasteiger partial charge in [0.05, 0.1) is 34.8 Å². The number of hydrogen-bond donors (Lipinski definition) is 3. The number of halogens is 1. The van der Waals surface area contributed by atoms with Gasteiger partial charge >= 0.3 is 0 Å². The lowest BCUT2D eigenvalue weighted by atomic mass is 10.1. The van der Waals surface area contributed by atoms with E-state index in [1.54, 1.807) is 49.1 Å². The Bertz CT molecular complexity index is 1850. The van der Waals surface area contributed by atoms with E-state index in [1.165, 1.54) is 6.07 Å². The van der Waals surface area contributed by atoms with Crippen LogP contribution in [0.2, 0.25) is 0 Å². The Labute approximate surface area is 222 Å². The molecule has 0 atom stereocenters. The molecule has 0 radical (unpaired) electrons. The van der Waals surface area contributed by atoms with E-state index in [0.29, 0.717) is 39.7 Å². The van der Waals surface area contributed by atoms with Crippen molar-refractivity contribution in [1.29, 1.82) is 0 Å². The van der Waals surface area contributed by atoms with Crippen LogP contribution in [0.5, 0.6) is 0 Å². The number of aromatic amines is 2. The number of nitrogens with zero attached hydrogens (tertiary/aromatic N) is 5. The maximum atomic E-state index is 14.5. The van der Waals surface area contributed by atoms with E-state index in [9.17, 15) is 9.18 Å². The molecular formula is C29H23FN8O. The lowest BCUT2D eigenvalue weighted by Gasteiger charge is -2.11. The van der Waals surface area contributed by atoms with Crippen molar-refractivity contribution in [2.75, 3.05) is 5.32 Å². The summed E-state index contributed by atoms with van der Waals surface area (Å²) >= 11 is 0. The minimum atomic E-state index is -0.363. The van der Waals surface area contributed by atoms with Crippen LogP contribution < -0.4 is 5.32 Å². The smallest absolute Gasteiger partial charge is 0.227 e. The first-order valence-electron chi connectivity index (χ1n) is 12.8. The fourth-order valence-electron chi connectivity index (χ4n) is 5.23. The summed E-state index contributed by atoms with van der Waals surface area (Å²) in [4.78, 5) is 34.0. The molecule has 0 spiro atoms. The summed E-state index contributed by atoms with van der Waals surface area (Å²) in [6.07, 6.45) is 10.8. The van der Waals surface area contributed by atoms with Gasteiger partial charge in [0.1, 0.15) is 22.7 Å². The summed E-state index contributed by atoms with van der Waals surface area (Å²) in [5.74, 6) is 0.267. The Balaban J connectivity index is 1.25. The molecule has 192 valence electrons. The van der Waals surface area contributed by atoms with Crippen molar-refractivity contribution in [2.24, 2.45) is 5.92 Å². The van der Waals surface area contributed by atoms with Gasteiger partial charge in [0.15, 0.2) is 5.82 Å². The Morgan fingerprint density at radius 3 is 2.72 bits per heavy atom. The number of H-pyrrole nitrogens is 2. The third kappa shape index (κ3) is 4.19. The molecule has 6 aromatic rings. The number of hydrogen-bond acceptors (Lipinski definition) is 6.